The van der Waals surface area contributed by atoms with Gasteiger partial charge in [-0.1, -0.05) is 0 Å². The van der Waals surface area contributed by atoms with E-state index in [2.05, 4.69) is 16.0 Å². The van der Waals surface area contributed by atoms with Gasteiger partial charge in [0.25, 0.3) is 0 Å². The van der Waals surface area contributed by atoms with Crippen molar-refractivity contribution >= 4 is 23.7 Å². The third-order valence-electron chi connectivity index (χ3n) is 9.76. The Bertz CT molecular complexity index is 1370. The standard InChI is InChI=1S/C32H54N4O21/c1-9(40)34-18-23(46)26(13(5-37)51-29(18)49)56-31-20(36-11(3)42)25(48)28(15(7-39)53-31)57-32-19(35-10(2)41)24(47)27(14(6-38)52-32)55-30-17(33)22(45)21(44)16(54-30)8-50-12(4)43/h13-32,37-39,44-49H,5-8,33H2,1-4H3,(H,34,40)(H,35,41)(H,36,42)/t13-,14-,15-,16-,17-,18-,19-,20-,21-,22-,23-,24-,25-,26-,27-,28-,29-,30+,31+,32+/m1/s1. The van der Waals surface area contributed by atoms with Crippen molar-refractivity contribution in [3.05, 3.63) is 0 Å². The van der Waals surface area contributed by atoms with Crippen molar-refractivity contribution in [3.8, 4) is 0 Å². The van der Waals surface area contributed by atoms with E-state index >= 15 is 0 Å². The second-order valence-corrected chi connectivity index (χ2v) is 14.1. The number of carbonyl (C=O) groups excluding carboxylic acids is 4. The van der Waals surface area contributed by atoms with Crippen molar-refractivity contribution in [1.82, 2.24) is 16.0 Å². The van der Waals surface area contributed by atoms with Gasteiger partial charge in [-0.3, -0.25) is 19.2 Å². The second-order valence-electron chi connectivity index (χ2n) is 14.1. The summed E-state index contributed by atoms with van der Waals surface area (Å²) >= 11 is 0. The third kappa shape index (κ3) is 11.1. The van der Waals surface area contributed by atoms with E-state index in [1.165, 1.54) is 0 Å². The molecule has 0 aromatic rings. The van der Waals surface area contributed by atoms with Crippen LogP contribution in [-0.4, -0.2) is 219 Å². The van der Waals surface area contributed by atoms with Gasteiger partial charge in [0.05, 0.1) is 25.9 Å². The number of amides is 3. The Morgan fingerprint density at radius 3 is 1.30 bits per heavy atom. The first-order valence-corrected chi connectivity index (χ1v) is 18.0. The molecule has 0 radical (unpaired) electrons. The molecule has 4 saturated heterocycles. The zero-order valence-electron chi connectivity index (χ0n) is 31.4. The summed E-state index contributed by atoms with van der Waals surface area (Å²) < 4.78 is 45.5. The van der Waals surface area contributed by atoms with Crippen molar-refractivity contribution < 1.29 is 103 Å². The Labute approximate surface area is 325 Å². The smallest absolute Gasteiger partial charge is 0.302 e. The van der Waals surface area contributed by atoms with E-state index in [1.54, 1.807) is 0 Å². The lowest BCUT2D eigenvalue weighted by Gasteiger charge is -2.50. The molecule has 0 unspecified atom stereocenters. The molecule has 0 spiro atoms. The van der Waals surface area contributed by atoms with Gasteiger partial charge in [-0.05, 0) is 0 Å². The number of esters is 1. The zero-order chi connectivity index (χ0) is 42.5. The minimum absolute atomic E-state index is 0.515. The average molecular weight is 831 g/mol. The molecule has 0 aromatic carbocycles. The zero-order valence-corrected chi connectivity index (χ0v) is 31.4. The average Bonchev–Trinajstić information content (AvgIpc) is 3.14. The lowest BCUT2D eigenvalue weighted by atomic mass is 9.93. The molecular formula is C32H54N4O21. The summed E-state index contributed by atoms with van der Waals surface area (Å²) in [6.45, 7) is 1.23. The lowest BCUT2D eigenvalue weighted by Crippen LogP contribution is -2.71. The summed E-state index contributed by atoms with van der Waals surface area (Å²) in [5.41, 5.74) is 6.05. The predicted molar refractivity (Wildman–Crippen MR) is 180 cm³/mol. The monoisotopic (exact) mass is 830 g/mol. The van der Waals surface area contributed by atoms with Crippen molar-refractivity contribution in [2.24, 2.45) is 5.73 Å². The van der Waals surface area contributed by atoms with Crippen LogP contribution in [0.1, 0.15) is 27.7 Å². The first-order valence-electron chi connectivity index (χ1n) is 18.0. The molecule has 4 aliphatic rings. The quantitative estimate of drug-likeness (QED) is 0.0723. The van der Waals surface area contributed by atoms with Crippen LogP contribution < -0.4 is 21.7 Å². The fourth-order valence-corrected chi connectivity index (χ4v) is 7.00. The normalized spacial score (nSPS) is 43.8. The van der Waals surface area contributed by atoms with Crippen LogP contribution in [-0.2, 0) is 57.1 Å². The van der Waals surface area contributed by atoms with Gasteiger partial charge in [0, 0.05) is 27.7 Å². The van der Waals surface area contributed by atoms with Crippen LogP contribution in [0.15, 0.2) is 0 Å². The molecule has 25 nitrogen and oxygen atoms in total. The van der Waals surface area contributed by atoms with E-state index in [-0.39, 0.29) is 0 Å². The molecular weight excluding hydrogens is 776 g/mol. The van der Waals surface area contributed by atoms with Gasteiger partial charge in [0.2, 0.25) is 17.7 Å². The SMILES string of the molecule is CC(=O)N[C@@H]1[C@@H](O)[C@H](O[C@@H]2O[C@H](CO)[C@@H](O[C@@H]3O[C@H](CO)[C@@H](O[C@@H]4O[C@H](COC(C)=O)[C@@H](O)[C@H](O)[C@H]4N)[C@H](O)[C@H]3NC(C)=O)[C@H](O)[C@H]2NC(C)=O)[C@@H](CO)O[C@H]1O. The number of carbonyl (C=O) groups is 4. The number of hydrogen-bond donors (Lipinski definition) is 13. The van der Waals surface area contributed by atoms with Crippen LogP contribution >= 0.6 is 0 Å². The van der Waals surface area contributed by atoms with Gasteiger partial charge in [-0.2, -0.15) is 0 Å². The minimum atomic E-state index is -1.88. The van der Waals surface area contributed by atoms with E-state index in [1.807, 2.05) is 0 Å². The van der Waals surface area contributed by atoms with Gasteiger partial charge in [0.15, 0.2) is 25.2 Å². The highest BCUT2D eigenvalue weighted by molar-refractivity contribution is 5.74. The molecule has 4 rings (SSSR count). The summed E-state index contributed by atoms with van der Waals surface area (Å²) in [5, 5.41) is 104. The topological polar surface area (TPSA) is 386 Å². The van der Waals surface area contributed by atoms with Gasteiger partial charge < -0.3 is 106 Å². The molecule has 57 heavy (non-hydrogen) atoms. The van der Waals surface area contributed by atoms with Crippen LogP contribution in [0.3, 0.4) is 0 Å². The number of hydrogen-bond acceptors (Lipinski definition) is 22. The van der Waals surface area contributed by atoms with E-state index in [0.29, 0.717) is 0 Å². The van der Waals surface area contributed by atoms with Gasteiger partial charge in [-0.15, -0.1) is 0 Å². The van der Waals surface area contributed by atoms with Crippen LogP contribution in [0.5, 0.6) is 0 Å². The summed E-state index contributed by atoms with van der Waals surface area (Å²) in [7, 11) is 0. The van der Waals surface area contributed by atoms with Crippen molar-refractivity contribution in [2.75, 3.05) is 26.4 Å². The van der Waals surface area contributed by atoms with Gasteiger partial charge in [-0.25, -0.2) is 0 Å². The number of ether oxygens (including phenoxy) is 8. The molecule has 0 aliphatic carbocycles. The predicted octanol–water partition coefficient (Wildman–Crippen LogP) is -8.78. The molecule has 3 amide bonds. The molecule has 0 bridgehead atoms. The Hall–Kier alpha value is -2.80. The fraction of sp³-hybridized carbons (Fsp3) is 0.875. The molecule has 25 heteroatoms. The highest BCUT2D eigenvalue weighted by atomic mass is 16.8. The fourth-order valence-electron chi connectivity index (χ4n) is 7.00. The van der Waals surface area contributed by atoms with Crippen LogP contribution in [0.2, 0.25) is 0 Å². The number of aliphatic hydroxyl groups excluding tert-OH is 9. The van der Waals surface area contributed by atoms with E-state index < -0.39 is 173 Å². The van der Waals surface area contributed by atoms with Gasteiger partial charge >= 0.3 is 5.97 Å². The molecule has 14 N–H and O–H groups in total. The van der Waals surface area contributed by atoms with Crippen LogP contribution in [0.25, 0.3) is 0 Å². The first-order chi connectivity index (χ1) is 26.8. The molecule has 4 heterocycles. The highest BCUT2D eigenvalue weighted by Gasteiger charge is 2.56. The Morgan fingerprint density at radius 2 is 0.895 bits per heavy atom. The van der Waals surface area contributed by atoms with Crippen LogP contribution in [0.4, 0.5) is 0 Å². The summed E-state index contributed by atoms with van der Waals surface area (Å²) in [6.07, 6.45) is -26.4. The molecule has 328 valence electrons. The third-order valence-corrected chi connectivity index (χ3v) is 9.76. The number of rotatable bonds is 14. The Kier molecular flexibility index (Phi) is 16.8. The molecule has 20 atom stereocenters. The van der Waals surface area contributed by atoms with Crippen molar-refractivity contribution in [2.45, 2.75) is 150 Å². The van der Waals surface area contributed by atoms with E-state index in [9.17, 15) is 65.1 Å². The summed E-state index contributed by atoms with van der Waals surface area (Å²) in [5.74, 6) is -2.85. The first kappa shape index (κ1) is 46.9. The largest absolute Gasteiger partial charge is 0.463 e. The lowest BCUT2D eigenvalue weighted by molar-refractivity contribution is -0.361. The van der Waals surface area contributed by atoms with Crippen molar-refractivity contribution in [3.63, 3.8) is 0 Å². The summed E-state index contributed by atoms with van der Waals surface area (Å²) in [6, 6.07) is -6.08. The molecule has 0 aromatic heterocycles. The second kappa shape index (κ2) is 20.4. The Morgan fingerprint density at radius 1 is 0.526 bits per heavy atom. The maximum absolute atomic E-state index is 12.4. The van der Waals surface area contributed by atoms with Crippen LogP contribution in [0, 0.1) is 0 Å². The highest BCUT2D eigenvalue weighted by Crippen LogP contribution is 2.34. The number of nitrogens with two attached hydrogens (primary N) is 1. The maximum Gasteiger partial charge on any atom is 0.302 e. The van der Waals surface area contributed by atoms with E-state index in [0.717, 1.165) is 27.7 Å². The molecule has 0 saturated carbocycles. The van der Waals surface area contributed by atoms with Crippen molar-refractivity contribution in [1.29, 1.82) is 0 Å². The molecule has 4 aliphatic heterocycles. The van der Waals surface area contributed by atoms with E-state index in [4.69, 9.17) is 43.6 Å². The summed E-state index contributed by atoms with van der Waals surface area (Å²) in [4.78, 5) is 47.8. The maximum atomic E-state index is 12.4. The number of nitrogens with one attached hydrogen (secondary N) is 3. The Balaban J connectivity index is 1.58. The number of aliphatic hydroxyl groups is 9. The molecule has 4 fully saturated rings. The van der Waals surface area contributed by atoms with Gasteiger partial charge in [0.1, 0.15) is 98.0 Å². The minimum Gasteiger partial charge on any atom is -0.463 e.